The third kappa shape index (κ3) is 3.02. The van der Waals surface area contributed by atoms with E-state index in [-0.39, 0.29) is 12.6 Å². The Morgan fingerprint density at radius 1 is 1.50 bits per heavy atom. The average Bonchev–Trinajstić information content (AvgIpc) is 2.72. The van der Waals surface area contributed by atoms with E-state index >= 15 is 0 Å². The molecule has 0 heterocycles. The molecule has 2 rings (SSSR count). The summed E-state index contributed by atoms with van der Waals surface area (Å²) in [4.78, 5) is 0. The number of methoxy groups -OCH3 is 1. The predicted molar refractivity (Wildman–Crippen MR) is 69.7 cm³/mol. The van der Waals surface area contributed by atoms with Gasteiger partial charge in [0.15, 0.2) is 0 Å². The summed E-state index contributed by atoms with van der Waals surface area (Å²) in [6.07, 6.45) is 2.71. The van der Waals surface area contributed by atoms with Gasteiger partial charge in [0.1, 0.15) is 5.75 Å². The Hall–Kier alpha value is -1.10. The summed E-state index contributed by atoms with van der Waals surface area (Å²) in [7, 11) is 1.67. The number of aliphatic hydroxyl groups is 1. The van der Waals surface area contributed by atoms with Crippen molar-refractivity contribution in [3.8, 4) is 5.75 Å². The highest BCUT2D eigenvalue weighted by molar-refractivity contribution is 5.40. The zero-order valence-electron chi connectivity index (χ0n) is 10.7. The second-order valence-electron chi connectivity index (χ2n) is 4.81. The molecule has 1 aromatic carbocycles. The summed E-state index contributed by atoms with van der Waals surface area (Å²) in [6.45, 7) is 0.765. The van der Waals surface area contributed by atoms with Crippen LogP contribution in [0, 0.1) is 0 Å². The van der Waals surface area contributed by atoms with Crippen molar-refractivity contribution in [1.29, 1.82) is 0 Å². The molecule has 4 nitrogen and oxygen atoms in total. The van der Waals surface area contributed by atoms with Crippen LogP contribution in [-0.2, 0) is 11.2 Å². The molecule has 18 heavy (non-hydrogen) atoms. The normalized spacial score (nSPS) is 19.8. The van der Waals surface area contributed by atoms with Crippen molar-refractivity contribution in [2.75, 3.05) is 20.3 Å². The van der Waals surface area contributed by atoms with E-state index in [0.717, 1.165) is 12.8 Å². The highest BCUT2D eigenvalue weighted by Gasteiger charge is 2.24. The van der Waals surface area contributed by atoms with E-state index < -0.39 is 0 Å². The Labute approximate surface area is 108 Å². The van der Waals surface area contributed by atoms with Gasteiger partial charge in [-0.1, -0.05) is 6.07 Å². The number of aryl methyl sites for hydroxylation is 1. The molecule has 0 saturated carbocycles. The van der Waals surface area contributed by atoms with Gasteiger partial charge < -0.3 is 20.3 Å². The molecule has 0 saturated heterocycles. The Morgan fingerprint density at radius 3 is 3.06 bits per heavy atom. The fourth-order valence-electron chi connectivity index (χ4n) is 2.63. The van der Waals surface area contributed by atoms with Crippen molar-refractivity contribution in [3.05, 3.63) is 29.3 Å². The Morgan fingerprint density at radius 2 is 2.33 bits per heavy atom. The first-order chi connectivity index (χ1) is 8.74. The SMILES string of the molecule is COCC(CCO)NC1CCc2cc(O)ccc21. The van der Waals surface area contributed by atoms with Gasteiger partial charge in [-0.25, -0.2) is 0 Å². The number of aromatic hydroxyl groups is 1. The van der Waals surface area contributed by atoms with Crippen molar-refractivity contribution in [3.63, 3.8) is 0 Å². The minimum atomic E-state index is 0.163. The van der Waals surface area contributed by atoms with Gasteiger partial charge in [0.2, 0.25) is 0 Å². The van der Waals surface area contributed by atoms with Gasteiger partial charge in [0.25, 0.3) is 0 Å². The predicted octanol–water partition coefficient (Wildman–Crippen LogP) is 1.37. The molecular formula is C14H21NO3. The molecule has 4 heteroatoms. The van der Waals surface area contributed by atoms with Crippen molar-refractivity contribution >= 4 is 0 Å². The molecule has 0 radical (unpaired) electrons. The number of nitrogens with one attached hydrogen (secondary N) is 1. The van der Waals surface area contributed by atoms with Crippen LogP contribution in [0.4, 0.5) is 0 Å². The molecule has 0 spiro atoms. The van der Waals surface area contributed by atoms with Gasteiger partial charge in [-0.2, -0.15) is 0 Å². The fourth-order valence-corrected chi connectivity index (χ4v) is 2.63. The van der Waals surface area contributed by atoms with Crippen LogP contribution in [0.2, 0.25) is 0 Å². The van der Waals surface area contributed by atoms with Crippen LogP contribution in [0.15, 0.2) is 18.2 Å². The molecule has 2 atom stereocenters. The Kier molecular flexibility index (Phi) is 4.58. The summed E-state index contributed by atoms with van der Waals surface area (Å²) < 4.78 is 5.16. The summed E-state index contributed by atoms with van der Waals surface area (Å²) in [5.41, 5.74) is 2.47. The standard InChI is InChI=1S/C14H21NO3/c1-18-9-11(6-7-16)15-14-5-2-10-8-12(17)3-4-13(10)14/h3-4,8,11,14-17H,2,5-7,9H2,1H3. The van der Waals surface area contributed by atoms with Gasteiger partial charge in [-0.15, -0.1) is 0 Å². The topological polar surface area (TPSA) is 61.7 Å². The number of fused-ring (bicyclic) bond motifs is 1. The number of rotatable bonds is 6. The van der Waals surface area contributed by atoms with Crippen molar-refractivity contribution in [2.45, 2.75) is 31.3 Å². The van der Waals surface area contributed by atoms with Crippen LogP contribution in [0.3, 0.4) is 0 Å². The van der Waals surface area contributed by atoms with Gasteiger partial charge in [-0.05, 0) is 42.5 Å². The maximum Gasteiger partial charge on any atom is 0.115 e. The summed E-state index contributed by atoms with van der Waals surface area (Å²) >= 11 is 0. The largest absolute Gasteiger partial charge is 0.508 e. The first kappa shape index (κ1) is 13.3. The maximum absolute atomic E-state index is 9.46. The van der Waals surface area contributed by atoms with E-state index in [4.69, 9.17) is 9.84 Å². The second kappa shape index (κ2) is 6.18. The number of hydrogen-bond donors (Lipinski definition) is 3. The quantitative estimate of drug-likeness (QED) is 0.714. The molecule has 1 aliphatic rings. The molecule has 1 aromatic rings. The molecular weight excluding hydrogens is 230 g/mol. The average molecular weight is 251 g/mol. The zero-order chi connectivity index (χ0) is 13.0. The van der Waals surface area contributed by atoms with Crippen LogP contribution in [0.25, 0.3) is 0 Å². The van der Waals surface area contributed by atoms with E-state index in [1.807, 2.05) is 12.1 Å². The number of phenolic OH excluding ortho intramolecular Hbond substituents is 1. The van der Waals surface area contributed by atoms with Crippen LogP contribution < -0.4 is 5.32 Å². The zero-order valence-corrected chi connectivity index (χ0v) is 10.7. The molecule has 2 unspecified atom stereocenters. The first-order valence-electron chi connectivity index (χ1n) is 6.42. The molecule has 0 amide bonds. The van der Waals surface area contributed by atoms with Gasteiger partial charge in [-0.3, -0.25) is 0 Å². The van der Waals surface area contributed by atoms with Gasteiger partial charge in [0, 0.05) is 25.8 Å². The second-order valence-corrected chi connectivity index (χ2v) is 4.81. The van der Waals surface area contributed by atoms with E-state index in [1.54, 1.807) is 13.2 Å². The summed E-state index contributed by atoms with van der Waals surface area (Å²) in [6, 6.07) is 6.03. The number of phenols is 1. The van der Waals surface area contributed by atoms with Crippen molar-refractivity contribution in [2.24, 2.45) is 0 Å². The van der Waals surface area contributed by atoms with Crippen LogP contribution in [0.5, 0.6) is 5.75 Å². The minimum absolute atomic E-state index is 0.163. The number of ether oxygens (including phenoxy) is 1. The molecule has 3 N–H and O–H groups in total. The van der Waals surface area contributed by atoms with Gasteiger partial charge in [0.05, 0.1) is 6.61 Å². The lowest BCUT2D eigenvalue weighted by atomic mass is 10.1. The first-order valence-corrected chi connectivity index (χ1v) is 6.42. The monoisotopic (exact) mass is 251 g/mol. The Balaban J connectivity index is 2.03. The van der Waals surface area contributed by atoms with Crippen LogP contribution >= 0.6 is 0 Å². The number of aliphatic hydroxyl groups excluding tert-OH is 1. The van der Waals surface area contributed by atoms with Gasteiger partial charge >= 0.3 is 0 Å². The molecule has 0 aromatic heterocycles. The smallest absolute Gasteiger partial charge is 0.115 e. The van der Waals surface area contributed by atoms with Crippen molar-refractivity contribution in [1.82, 2.24) is 5.32 Å². The highest BCUT2D eigenvalue weighted by atomic mass is 16.5. The molecule has 0 aliphatic heterocycles. The lowest BCUT2D eigenvalue weighted by Gasteiger charge is -2.22. The lowest BCUT2D eigenvalue weighted by Crippen LogP contribution is -2.36. The van der Waals surface area contributed by atoms with E-state index in [2.05, 4.69) is 5.32 Å². The molecule has 0 bridgehead atoms. The van der Waals surface area contributed by atoms with E-state index in [1.165, 1.54) is 11.1 Å². The summed E-state index contributed by atoms with van der Waals surface area (Å²) in [5.74, 6) is 0.332. The fraction of sp³-hybridized carbons (Fsp3) is 0.571. The number of benzene rings is 1. The van der Waals surface area contributed by atoms with Crippen LogP contribution in [0.1, 0.15) is 30.0 Å². The summed E-state index contributed by atoms with van der Waals surface area (Å²) in [5, 5.41) is 22.0. The number of hydrogen-bond acceptors (Lipinski definition) is 4. The van der Waals surface area contributed by atoms with E-state index in [9.17, 15) is 5.11 Å². The molecule has 1 aliphatic carbocycles. The maximum atomic E-state index is 9.46. The Bertz CT molecular complexity index is 389. The third-order valence-electron chi connectivity index (χ3n) is 3.49. The molecule has 100 valence electrons. The molecule has 0 fully saturated rings. The highest BCUT2D eigenvalue weighted by Crippen LogP contribution is 2.33. The lowest BCUT2D eigenvalue weighted by molar-refractivity contribution is 0.142. The minimum Gasteiger partial charge on any atom is -0.508 e. The van der Waals surface area contributed by atoms with E-state index in [0.29, 0.717) is 24.8 Å². The van der Waals surface area contributed by atoms with Crippen molar-refractivity contribution < 1.29 is 14.9 Å². The third-order valence-corrected chi connectivity index (χ3v) is 3.49. The van der Waals surface area contributed by atoms with Crippen LogP contribution in [-0.4, -0.2) is 36.6 Å².